The van der Waals surface area contributed by atoms with Gasteiger partial charge in [0.1, 0.15) is 0 Å². The topological polar surface area (TPSA) is 112 Å². The lowest BCUT2D eigenvalue weighted by molar-refractivity contribution is 0.0686. The molecule has 3 N–H and O–H groups in total. The first-order valence-corrected chi connectivity index (χ1v) is 12.0. The van der Waals surface area contributed by atoms with Gasteiger partial charge in [-0.25, -0.2) is 14.4 Å². The van der Waals surface area contributed by atoms with Gasteiger partial charge in [0.05, 0.1) is 16.7 Å². The van der Waals surface area contributed by atoms with Crippen LogP contribution in [0.1, 0.15) is 64.5 Å². The summed E-state index contributed by atoms with van der Waals surface area (Å²) in [6, 6.07) is 25.7. The zero-order valence-corrected chi connectivity index (χ0v) is 20.7. The zero-order chi connectivity index (χ0) is 27.8. The molecule has 0 saturated carbocycles. The summed E-state index contributed by atoms with van der Waals surface area (Å²) in [5.41, 5.74) is 6.01. The third-order valence-electron chi connectivity index (χ3n) is 5.96. The first kappa shape index (κ1) is 26.6. The summed E-state index contributed by atoms with van der Waals surface area (Å²) in [6.07, 6.45) is 11.5. The van der Waals surface area contributed by atoms with Crippen LogP contribution in [0.4, 0.5) is 0 Å². The summed E-state index contributed by atoms with van der Waals surface area (Å²) in [6.45, 7) is 0. The molecule has 0 aliphatic rings. The fourth-order valence-electron chi connectivity index (χ4n) is 3.77. The highest BCUT2D eigenvalue weighted by Crippen LogP contribution is 2.21. The number of aromatic carboxylic acids is 3. The number of rotatable bonds is 9. The molecule has 6 heteroatoms. The molecule has 6 nitrogen and oxygen atoms in total. The number of carbonyl (C=O) groups is 3. The van der Waals surface area contributed by atoms with E-state index >= 15 is 0 Å². The second-order valence-corrected chi connectivity index (χ2v) is 8.67. The Kier molecular flexibility index (Phi) is 8.29. The molecule has 0 saturated heterocycles. The minimum absolute atomic E-state index is 0.216. The lowest BCUT2D eigenvalue weighted by atomic mass is 10.00. The van der Waals surface area contributed by atoms with Crippen molar-refractivity contribution in [3.8, 4) is 0 Å². The lowest BCUT2D eigenvalue weighted by Crippen LogP contribution is -1.94. The van der Waals surface area contributed by atoms with Crippen LogP contribution in [0.5, 0.6) is 0 Å². The van der Waals surface area contributed by atoms with Crippen molar-refractivity contribution in [2.24, 2.45) is 0 Å². The molecular formula is C33H24O6. The van der Waals surface area contributed by atoms with Gasteiger partial charge in [-0.05, 0) is 75.8 Å². The summed E-state index contributed by atoms with van der Waals surface area (Å²) in [5.74, 6) is -2.93. The van der Waals surface area contributed by atoms with E-state index in [0.717, 1.165) is 33.4 Å². The predicted molar refractivity (Wildman–Crippen MR) is 153 cm³/mol. The molecule has 4 aromatic rings. The normalized spacial score (nSPS) is 11.4. The molecule has 0 unspecified atom stereocenters. The van der Waals surface area contributed by atoms with E-state index in [2.05, 4.69) is 0 Å². The lowest BCUT2D eigenvalue weighted by Gasteiger charge is -2.05. The van der Waals surface area contributed by atoms with Crippen LogP contribution >= 0.6 is 0 Å². The SMILES string of the molecule is O=C(O)c1ccc(/C=C/c2ccc(/C=C/c3ccc(C(=O)O)cc3)c(/C=C/c3ccc(C(=O)O)cc3)c2)cc1. The molecule has 4 aromatic carbocycles. The van der Waals surface area contributed by atoms with Crippen LogP contribution in [0, 0.1) is 0 Å². The van der Waals surface area contributed by atoms with Gasteiger partial charge in [0.25, 0.3) is 0 Å². The molecule has 0 fully saturated rings. The second kappa shape index (κ2) is 12.2. The zero-order valence-electron chi connectivity index (χ0n) is 20.7. The van der Waals surface area contributed by atoms with Gasteiger partial charge in [0.2, 0.25) is 0 Å². The summed E-state index contributed by atoms with van der Waals surface area (Å²) in [4.78, 5) is 33.3. The van der Waals surface area contributed by atoms with Gasteiger partial charge in [0.15, 0.2) is 0 Å². The monoisotopic (exact) mass is 516 g/mol. The van der Waals surface area contributed by atoms with Gasteiger partial charge in [-0.2, -0.15) is 0 Å². The Morgan fingerprint density at radius 1 is 0.385 bits per heavy atom. The van der Waals surface area contributed by atoms with E-state index in [4.69, 9.17) is 15.3 Å². The molecule has 192 valence electrons. The molecule has 0 amide bonds. The first-order chi connectivity index (χ1) is 18.8. The van der Waals surface area contributed by atoms with Crippen LogP contribution in [0.25, 0.3) is 36.5 Å². The molecule has 0 heterocycles. The van der Waals surface area contributed by atoms with Crippen LogP contribution in [0.2, 0.25) is 0 Å². The van der Waals surface area contributed by atoms with Crippen LogP contribution < -0.4 is 0 Å². The van der Waals surface area contributed by atoms with Crippen molar-refractivity contribution < 1.29 is 29.7 Å². The molecule has 0 atom stereocenters. The van der Waals surface area contributed by atoms with Gasteiger partial charge in [-0.15, -0.1) is 0 Å². The number of carboxylic acids is 3. The standard InChI is InChI=1S/C33H24O6/c34-31(35)27-14-4-22(5-15-27)1-2-25-11-13-26(12-3-23-6-16-28(17-7-23)32(36)37)30(21-25)20-10-24-8-18-29(19-9-24)33(38)39/h1-21H,(H,34,35)(H,36,37)(H,38,39)/b2-1+,12-3+,20-10+. The average Bonchev–Trinajstić information content (AvgIpc) is 2.95. The first-order valence-electron chi connectivity index (χ1n) is 12.0. The Morgan fingerprint density at radius 2 is 0.692 bits per heavy atom. The van der Waals surface area contributed by atoms with Crippen molar-refractivity contribution in [1.82, 2.24) is 0 Å². The number of carboxylic acid groups (broad SMARTS) is 3. The van der Waals surface area contributed by atoms with E-state index in [9.17, 15) is 14.4 Å². The highest BCUT2D eigenvalue weighted by atomic mass is 16.4. The summed E-state index contributed by atoms with van der Waals surface area (Å²) < 4.78 is 0. The van der Waals surface area contributed by atoms with E-state index in [1.54, 1.807) is 72.8 Å². The van der Waals surface area contributed by atoms with Gasteiger partial charge in [-0.3, -0.25) is 0 Å². The van der Waals surface area contributed by atoms with Crippen molar-refractivity contribution in [1.29, 1.82) is 0 Å². The maximum Gasteiger partial charge on any atom is 0.335 e. The molecule has 0 bridgehead atoms. The predicted octanol–water partition coefficient (Wildman–Crippen LogP) is 7.29. The Balaban J connectivity index is 1.63. The van der Waals surface area contributed by atoms with E-state index in [-0.39, 0.29) is 16.7 Å². The summed E-state index contributed by atoms with van der Waals surface area (Å²) in [5, 5.41) is 27.3. The van der Waals surface area contributed by atoms with Gasteiger partial charge < -0.3 is 15.3 Å². The number of hydrogen-bond donors (Lipinski definition) is 3. The van der Waals surface area contributed by atoms with E-state index in [1.807, 2.05) is 54.7 Å². The summed E-state index contributed by atoms with van der Waals surface area (Å²) >= 11 is 0. The van der Waals surface area contributed by atoms with Crippen LogP contribution in [-0.2, 0) is 0 Å². The molecule has 39 heavy (non-hydrogen) atoms. The molecule has 0 spiro atoms. The fourth-order valence-corrected chi connectivity index (χ4v) is 3.77. The molecule has 4 rings (SSSR count). The summed E-state index contributed by atoms with van der Waals surface area (Å²) in [7, 11) is 0. The van der Waals surface area contributed by atoms with E-state index in [1.165, 1.54) is 0 Å². The molecule has 0 aliphatic heterocycles. The number of benzene rings is 4. The van der Waals surface area contributed by atoms with Crippen molar-refractivity contribution in [2.45, 2.75) is 0 Å². The molecule has 0 aromatic heterocycles. The van der Waals surface area contributed by atoms with Crippen LogP contribution in [0.15, 0.2) is 91.0 Å². The highest BCUT2D eigenvalue weighted by Gasteiger charge is 2.04. The van der Waals surface area contributed by atoms with Crippen LogP contribution in [-0.4, -0.2) is 33.2 Å². The van der Waals surface area contributed by atoms with E-state index < -0.39 is 17.9 Å². The molecule has 0 radical (unpaired) electrons. The third-order valence-corrected chi connectivity index (χ3v) is 5.96. The molecular weight excluding hydrogens is 492 g/mol. The Bertz CT molecular complexity index is 1590. The maximum atomic E-state index is 11.1. The van der Waals surface area contributed by atoms with Gasteiger partial charge in [0, 0.05) is 0 Å². The Morgan fingerprint density at radius 3 is 1.08 bits per heavy atom. The van der Waals surface area contributed by atoms with Gasteiger partial charge >= 0.3 is 17.9 Å². The number of hydrogen-bond acceptors (Lipinski definition) is 3. The van der Waals surface area contributed by atoms with E-state index in [0.29, 0.717) is 0 Å². The minimum atomic E-state index is -0.980. The molecule has 0 aliphatic carbocycles. The van der Waals surface area contributed by atoms with Gasteiger partial charge in [-0.1, -0.05) is 85.0 Å². The minimum Gasteiger partial charge on any atom is -0.478 e. The van der Waals surface area contributed by atoms with Crippen molar-refractivity contribution >= 4 is 54.4 Å². The smallest absolute Gasteiger partial charge is 0.335 e. The van der Waals surface area contributed by atoms with Crippen molar-refractivity contribution in [2.75, 3.05) is 0 Å². The Hall–Kier alpha value is -5.49. The third kappa shape index (κ3) is 7.27. The second-order valence-electron chi connectivity index (χ2n) is 8.67. The van der Waals surface area contributed by atoms with Crippen LogP contribution in [0.3, 0.4) is 0 Å². The van der Waals surface area contributed by atoms with Crippen molar-refractivity contribution in [3.05, 3.63) is 141 Å². The quantitative estimate of drug-likeness (QED) is 0.201. The maximum absolute atomic E-state index is 11.1. The fraction of sp³-hybridized carbons (Fsp3) is 0. The average molecular weight is 517 g/mol. The van der Waals surface area contributed by atoms with Crippen molar-refractivity contribution in [3.63, 3.8) is 0 Å². The highest BCUT2D eigenvalue weighted by molar-refractivity contribution is 5.90. The Labute approximate surface area is 225 Å². The largest absolute Gasteiger partial charge is 0.478 e.